The first-order chi connectivity index (χ1) is 11.2. The molecule has 2 unspecified atom stereocenters. The molecule has 7 heteroatoms. The number of hydrogen-bond donors (Lipinski definition) is 2. The SMILES string of the molecule is Cl.NCc1nc(C(=O)N2CCCC2CC(O)c2ccccc2)cs1. The molecule has 0 spiro atoms. The van der Waals surface area contributed by atoms with Crippen molar-refractivity contribution in [1.82, 2.24) is 9.88 Å². The minimum Gasteiger partial charge on any atom is -0.388 e. The van der Waals surface area contributed by atoms with Crippen LogP contribution in [-0.4, -0.2) is 33.5 Å². The summed E-state index contributed by atoms with van der Waals surface area (Å²) in [6.45, 7) is 1.08. The first kappa shape index (κ1) is 18.9. The fourth-order valence-corrected chi connectivity index (χ4v) is 3.72. The van der Waals surface area contributed by atoms with E-state index in [9.17, 15) is 9.90 Å². The Kier molecular flexibility index (Phi) is 6.74. The van der Waals surface area contributed by atoms with Crippen molar-refractivity contribution >= 4 is 29.7 Å². The van der Waals surface area contributed by atoms with Gasteiger partial charge in [0.25, 0.3) is 5.91 Å². The molecule has 3 rings (SSSR count). The molecule has 130 valence electrons. The van der Waals surface area contributed by atoms with Crippen LogP contribution in [0.5, 0.6) is 0 Å². The van der Waals surface area contributed by atoms with E-state index in [2.05, 4.69) is 4.98 Å². The van der Waals surface area contributed by atoms with Crippen LogP contribution in [0.1, 0.15) is 46.4 Å². The Morgan fingerprint density at radius 3 is 2.83 bits per heavy atom. The summed E-state index contributed by atoms with van der Waals surface area (Å²) in [6, 6.07) is 9.65. The number of benzene rings is 1. The molecule has 2 atom stereocenters. The number of nitrogens with two attached hydrogens (primary N) is 1. The van der Waals surface area contributed by atoms with Gasteiger partial charge in [0.05, 0.1) is 6.10 Å². The highest BCUT2D eigenvalue weighted by atomic mass is 35.5. The van der Waals surface area contributed by atoms with Crippen molar-refractivity contribution in [2.75, 3.05) is 6.54 Å². The molecule has 5 nitrogen and oxygen atoms in total. The van der Waals surface area contributed by atoms with Crippen molar-refractivity contribution in [1.29, 1.82) is 0 Å². The maximum absolute atomic E-state index is 12.7. The van der Waals surface area contributed by atoms with Gasteiger partial charge in [-0.15, -0.1) is 23.7 Å². The quantitative estimate of drug-likeness (QED) is 0.851. The Balaban J connectivity index is 0.00000208. The van der Waals surface area contributed by atoms with Gasteiger partial charge in [-0.2, -0.15) is 0 Å². The van der Waals surface area contributed by atoms with Crippen LogP contribution in [0.3, 0.4) is 0 Å². The number of nitrogens with zero attached hydrogens (tertiary/aromatic N) is 2. The van der Waals surface area contributed by atoms with Crippen LogP contribution >= 0.6 is 23.7 Å². The highest BCUT2D eigenvalue weighted by Crippen LogP contribution is 2.28. The maximum atomic E-state index is 12.7. The third kappa shape index (κ3) is 4.13. The zero-order valence-corrected chi connectivity index (χ0v) is 14.9. The van der Waals surface area contributed by atoms with Crippen molar-refractivity contribution in [2.24, 2.45) is 5.73 Å². The Hall–Kier alpha value is -1.47. The number of thiazole rings is 1. The van der Waals surface area contributed by atoms with E-state index < -0.39 is 6.10 Å². The Labute approximate surface area is 151 Å². The van der Waals surface area contributed by atoms with E-state index in [-0.39, 0.29) is 24.4 Å². The topological polar surface area (TPSA) is 79.5 Å². The fraction of sp³-hybridized carbons (Fsp3) is 0.412. The second-order valence-corrected chi connectivity index (χ2v) is 6.73. The highest BCUT2D eigenvalue weighted by molar-refractivity contribution is 7.09. The van der Waals surface area contributed by atoms with Gasteiger partial charge in [0.2, 0.25) is 0 Å². The Morgan fingerprint density at radius 2 is 2.17 bits per heavy atom. The van der Waals surface area contributed by atoms with Crippen molar-refractivity contribution < 1.29 is 9.90 Å². The lowest BCUT2D eigenvalue weighted by atomic mass is 10.0. The van der Waals surface area contributed by atoms with Crippen LogP contribution in [0.4, 0.5) is 0 Å². The van der Waals surface area contributed by atoms with Gasteiger partial charge in [0.15, 0.2) is 0 Å². The number of aliphatic hydroxyl groups excluding tert-OH is 1. The number of hydrogen-bond acceptors (Lipinski definition) is 5. The average molecular weight is 368 g/mol. The number of likely N-dealkylation sites (tertiary alicyclic amines) is 1. The summed E-state index contributed by atoms with van der Waals surface area (Å²) in [5, 5.41) is 13.0. The molecule has 1 aromatic heterocycles. The van der Waals surface area contributed by atoms with Gasteiger partial charge in [-0.3, -0.25) is 4.79 Å². The molecule has 1 aliphatic heterocycles. The van der Waals surface area contributed by atoms with Gasteiger partial charge >= 0.3 is 0 Å². The van der Waals surface area contributed by atoms with Crippen molar-refractivity contribution in [3.05, 3.63) is 52.0 Å². The van der Waals surface area contributed by atoms with E-state index in [1.54, 1.807) is 5.38 Å². The zero-order valence-electron chi connectivity index (χ0n) is 13.3. The molecule has 0 aliphatic carbocycles. The van der Waals surface area contributed by atoms with E-state index in [1.807, 2.05) is 35.2 Å². The number of aromatic nitrogens is 1. The lowest BCUT2D eigenvalue weighted by molar-refractivity contribution is 0.0662. The van der Waals surface area contributed by atoms with Crippen LogP contribution in [-0.2, 0) is 6.54 Å². The summed E-state index contributed by atoms with van der Waals surface area (Å²) in [5.74, 6) is -0.0521. The second-order valence-electron chi connectivity index (χ2n) is 5.79. The third-order valence-corrected chi connectivity index (χ3v) is 5.13. The van der Waals surface area contributed by atoms with Crippen LogP contribution in [0.25, 0.3) is 0 Å². The van der Waals surface area contributed by atoms with Crippen molar-refractivity contribution in [3.63, 3.8) is 0 Å². The first-order valence-electron chi connectivity index (χ1n) is 7.87. The van der Waals surface area contributed by atoms with Gasteiger partial charge in [-0.1, -0.05) is 30.3 Å². The monoisotopic (exact) mass is 367 g/mol. The van der Waals surface area contributed by atoms with Crippen molar-refractivity contribution in [3.8, 4) is 0 Å². The lowest BCUT2D eigenvalue weighted by Gasteiger charge is -2.26. The molecule has 1 saturated heterocycles. The Bertz CT molecular complexity index is 665. The standard InChI is InChI=1S/C17H21N3O2S.ClH/c18-10-16-19-14(11-23-16)17(22)20-8-4-7-13(20)9-15(21)12-5-2-1-3-6-12;/h1-3,5-6,11,13,15,21H,4,7-10,18H2;1H. The van der Waals surface area contributed by atoms with E-state index in [0.29, 0.717) is 18.7 Å². The summed E-state index contributed by atoms with van der Waals surface area (Å²) in [4.78, 5) is 18.8. The van der Waals surface area contributed by atoms with E-state index in [1.165, 1.54) is 11.3 Å². The smallest absolute Gasteiger partial charge is 0.273 e. The molecule has 1 aliphatic rings. The number of halogens is 1. The van der Waals surface area contributed by atoms with Crippen LogP contribution in [0.15, 0.2) is 35.7 Å². The second kappa shape index (κ2) is 8.58. The molecular weight excluding hydrogens is 346 g/mol. The molecule has 1 fully saturated rings. The lowest BCUT2D eigenvalue weighted by Crippen LogP contribution is -2.36. The average Bonchev–Trinajstić information content (AvgIpc) is 3.24. The Morgan fingerprint density at radius 1 is 1.42 bits per heavy atom. The molecular formula is C17H22ClN3O2S. The van der Waals surface area contributed by atoms with E-state index in [4.69, 9.17) is 5.73 Å². The predicted molar refractivity (Wildman–Crippen MR) is 97.3 cm³/mol. The van der Waals surface area contributed by atoms with Gasteiger partial charge in [0.1, 0.15) is 10.7 Å². The molecule has 24 heavy (non-hydrogen) atoms. The zero-order chi connectivity index (χ0) is 16.2. The normalized spacial score (nSPS) is 18.2. The number of carbonyl (C=O) groups excluding carboxylic acids is 1. The number of carbonyl (C=O) groups is 1. The number of amides is 1. The maximum Gasteiger partial charge on any atom is 0.273 e. The molecule has 1 amide bonds. The van der Waals surface area contributed by atoms with Gasteiger partial charge < -0.3 is 15.7 Å². The molecule has 2 heterocycles. The van der Waals surface area contributed by atoms with Crippen molar-refractivity contribution in [2.45, 2.75) is 38.0 Å². The van der Waals surface area contributed by atoms with Gasteiger partial charge in [-0.25, -0.2) is 4.98 Å². The first-order valence-corrected chi connectivity index (χ1v) is 8.75. The molecule has 0 saturated carbocycles. The molecule has 3 N–H and O–H groups in total. The summed E-state index contributed by atoms with van der Waals surface area (Å²) >= 11 is 1.42. The number of rotatable bonds is 5. The van der Waals surface area contributed by atoms with E-state index in [0.717, 1.165) is 30.0 Å². The summed E-state index contributed by atoms with van der Waals surface area (Å²) < 4.78 is 0. The highest BCUT2D eigenvalue weighted by Gasteiger charge is 2.32. The molecule has 0 bridgehead atoms. The molecule has 0 radical (unpaired) electrons. The molecule has 1 aromatic carbocycles. The molecule has 2 aromatic rings. The van der Waals surface area contributed by atoms with Gasteiger partial charge in [0, 0.05) is 24.5 Å². The summed E-state index contributed by atoms with van der Waals surface area (Å²) in [6.07, 6.45) is 1.89. The minimum atomic E-state index is -0.551. The fourth-order valence-electron chi connectivity index (χ4n) is 3.07. The van der Waals surface area contributed by atoms with Crippen LogP contribution in [0, 0.1) is 0 Å². The van der Waals surface area contributed by atoms with Crippen LogP contribution < -0.4 is 5.73 Å². The van der Waals surface area contributed by atoms with Gasteiger partial charge in [-0.05, 0) is 24.8 Å². The predicted octanol–water partition coefficient (Wildman–Crippen LogP) is 2.75. The summed E-state index contributed by atoms with van der Waals surface area (Å²) in [7, 11) is 0. The van der Waals surface area contributed by atoms with Crippen LogP contribution in [0.2, 0.25) is 0 Å². The summed E-state index contributed by atoms with van der Waals surface area (Å²) in [5.41, 5.74) is 6.93. The third-order valence-electron chi connectivity index (χ3n) is 4.26. The number of aliphatic hydroxyl groups is 1. The van der Waals surface area contributed by atoms with E-state index >= 15 is 0 Å². The largest absolute Gasteiger partial charge is 0.388 e. The minimum absolute atomic E-state index is 0.